The van der Waals surface area contributed by atoms with Crippen molar-refractivity contribution >= 4 is 5.96 Å². The van der Waals surface area contributed by atoms with Gasteiger partial charge >= 0.3 is 0 Å². The van der Waals surface area contributed by atoms with Crippen molar-refractivity contribution in [3.05, 3.63) is 23.8 Å². The van der Waals surface area contributed by atoms with Crippen LogP contribution >= 0.6 is 0 Å². The first-order valence-electron chi connectivity index (χ1n) is 7.37. The predicted octanol–water partition coefficient (Wildman–Crippen LogP) is 2.56. The molecule has 0 atom stereocenters. The molecule has 1 aromatic carbocycles. The molecule has 0 aromatic heterocycles. The maximum absolute atomic E-state index is 5.65. The second-order valence-corrected chi connectivity index (χ2v) is 5.06. The van der Waals surface area contributed by atoms with E-state index >= 15 is 0 Å². The van der Waals surface area contributed by atoms with Gasteiger partial charge in [0.05, 0.1) is 13.7 Å². The van der Waals surface area contributed by atoms with Gasteiger partial charge in [-0.1, -0.05) is 13.0 Å². The first-order valence-corrected chi connectivity index (χ1v) is 7.37. The molecule has 0 heterocycles. The molecule has 0 saturated heterocycles. The standard InChI is InChI=1S/C16H27N3O2/c1-6-9-21-14-8-7-13(10-15(14)20-5)11-18-16(17-4)19-12(2)3/h7-8,10,12H,6,9,11H2,1-5H3,(H2,17,18,19). The Hall–Kier alpha value is -1.91. The predicted molar refractivity (Wildman–Crippen MR) is 87.3 cm³/mol. The summed E-state index contributed by atoms with van der Waals surface area (Å²) >= 11 is 0. The van der Waals surface area contributed by atoms with Crippen molar-refractivity contribution in [2.75, 3.05) is 20.8 Å². The maximum atomic E-state index is 5.65. The molecule has 0 aliphatic heterocycles. The van der Waals surface area contributed by atoms with Crippen LogP contribution in [0.25, 0.3) is 0 Å². The number of ether oxygens (including phenoxy) is 2. The number of hydrogen-bond acceptors (Lipinski definition) is 3. The Morgan fingerprint density at radius 3 is 2.62 bits per heavy atom. The van der Waals surface area contributed by atoms with Gasteiger partial charge in [-0.25, -0.2) is 0 Å². The van der Waals surface area contributed by atoms with Gasteiger partial charge in [0.15, 0.2) is 17.5 Å². The van der Waals surface area contributed by atoms with Crippen LogP contribution in [-0.2, 0) is 6.54 Å². The van der Waals surface area contributed by atoms with E-state index < -0.39 is 0 Å². The molecular weight excluding hydrogens is 266 g/mol. The number of guanidine groups is 1. The molecule has 1 rings (SSSR count). The van der Waals surface area contributed by atoms with Crippen molar-refractivity contribution in [3.63, 3.8) is 0 Å². The largest absolute Gasteiger partial charge is 0.493 e. The molecule has 0 unspecified atom stereocenters. The highest BCUT2D eigenvalue weighted by molar-refractivity contribution is 5.79. The summed E-state index contributed by atoms with van der Waals surface area (Å²) in [5.41, 5.74) is 1.11. The van der Waals surface area contributed by atoms with Crippen LogP contribution in [0.1, 0.15) is 32.8 Å². The van der Waals surface area contributed by atoms with Crippen LogP contribution in [0.5, 0.6) is 11.5 Å². The van der Waals surface area contributed by atoms with Crippen LogP contribution in [0.2, 0.25) is 0 Å². The number of hydrogen-bond donors (Lipinski definition) is 2. The van der Waals surface area contributed by atoms with Crippen LogP contribution in [0.4, 0.5) is 0 Å². The normalized spacial score (nSPS) is 11.4. The zero-order valence-electron chi connectivity index (χ0n) is 13.7. The Balaban J connectivity index is 2.67. The molecule has 118 valence electrons. The van der Waals surface area contributed by atoms with Gasteiger partial charge in [0.2, 0.25) is 0 Å². The Bertz CT molecular complexity index is 459. The molecule has 0 spiro atoms. The summed E-state index contributed by atoms with van der Waals surface area (Å²) in [5.74, 6) is 2.33. The highest BCUT2D eigenvalue weighted by atomic mass is 16.5. The van der Waals surface area contributed by atoms with E-state index in [2.05, 4.69) is 36.4 Å². The molecule has 21 heavy (non-hydrogen) atoms. The lowest BCUT2D eigenvalue weighted by atomic mass is 10.2. The molecular formula is C16H27N3O2. The topological polar surface area (TPSA) is 54.9 Å². The van der Waals surface area contributed by atoms with Crippen LogP contribution in [0, 0.1) is 0 Å². The first kappa shape index (κ1) is 17.1. The number of nitrogens with one attached hydrogen (secondary N) is 2. The quantitative estimate of drug-likeness (QED) is 0.599. The minimum absolute atomic E-state index is 0.343. The molecule has 0 aliphatic carbocycles. The summed E-state index contributed by atoms with van der Waals surface area (Å²) in [6.45, 7) is 7.61. The Morgan fingerprint density at radius 2 is 2.05 bits per heavy atom. The average molecular weight is 293 g/mol. The second-order valence-electron chi connectivity index (χ2n) is 5.06. The van der Waals surface area contributed by atoms with Gasteiger partial charge in [0.1, 0.15) is 0 Å². The molecule has 0 radical (unpaired) electrons. The molecule has 2 N–H and O–H groups in total. The van der Waals surface area contributed by atoms with E-state index in [1.54, 1.807) is 14.2 Å². The van der Waals surface area contributed by atoms with Crippen molar-refractivity contribution in [3.8, 4) is 11.5 Å². The third kappa shape index (κ3) is 5.94. The molecule has 0 aliphatic rings. The van der Waals surface area contributed by atoms with Crippen molar-refractivity contribution in [1.82, 2.24) is 10.6 Å². The van der Waals surface area contributed by atoms with Gasteiger partial charge in [-0.05, 0) is 38.0 Å². The van der Waals surface area contributed by atoms with E-state index in [4.69, 9.17) is 9.47 Å². The zero-order valence-corrected chi connectivity index (χ0v) is 13.7. The zero-order chi connectivity index (χ0) is 15.7. The molecule has 0 fully saturated rings. The molecule has 0 bridgehead atoms. The number of benzene rings is 1. The summed E-state index contributed by atoms with van der Waals surface area (Å²) in [6.07, 6.45) is 0.976. The summed E-state index contributed by atoms with van der Waals surface area (Å²) < 4.78 is 11.0. The number of nitrogens with zero attached hydrogens (tertiary/aromatic N) is 1. The summed E-state index contributed by atoms with van der Waals surface area (Å²) in [7, 11) is 3.42. The Morgan fingerprint density at radius 1 is 1.29 bits per heavy atom. The third-order valence-electron chi connectivity index (χ3n) is 2.80. The molecule has 0 saturated carbocycles. The van der Waals surface area contributed by atoms with Crippen molar-refractivity contribution in [1.29, 1.82) is 0 Å². The SMILES string of the molecule is CCCOc1ccc(CNC(=NC)NC(C)C)cc1OC. The molecule has 5 heteroatoms. The molecule has 0 amide bonds. The van der Waals surface area contributed by atoms with E-state index in [1.165, 1.54) is 0 Å². The minimum atomic E-state index is 0.343. The highest BCUT2D eigenvalue weighted by Crippen LogP contribution is 2.28. The number of methoxy groups -OCH3 is 1. The Labute approximate surface area is 127 Å². The van der Waals surface area contributed by atoms with Crippen LogP contribution in [-0.4, -0.2) is 32.8 Å². The second kappa shape index (κ2) is 9.10. The minimum Gasteiger partial charge on any atom is -0.493 e. The average Bonchev–Trinajstić information content (AvgIpc) is 2.49. The van der Waals surface area contributed by atoms with Crippen LogP contribution in [0.3, 0.4) is 0 Å². The van der Waals surface area contributed by atoms with Gasteiger partial charge in [-0.2, -0.15) is 0 Å². The smallest absolute Gasteiger partial charge is 0.191 e. The van der Waals surface area contributed by atoms with Gasteiger partial charge in [0.25, 0.3) is 0 Å². The maximum Gasteiger partial charge on any atom is 0.191 e. The summed E-state index contributed by atoms with van der Waals surface area (Å²) in [5, 5.41) is 6.52. The monoisotopic (exact) mass is 293 g/mol. The van der Waals surface area contributed by atoms with Gasteiger partial charge < -0.3 is 20.1 Å². The van der Waals surface area contributed by atoms with Gasteiger partial charge in [-0.15, -0.1) is 0 Å². The fourth-order valence-electron chi connectivity index (χ4n) is 1.81. The van der Waals surface area contributed by atoms with E-state index in [0.717, 1.165) is 29.4 Å². The van der Waals surface area contributed by atoms with Crippen LogP contribution in [0.15, 0.2) is 23.2 Å². The summed E-state index contributed by atoms with van der Waals surface area (Å²) in [4.78, 5) is 4.18. The number of aliphatic imine (C=N–C) groups is 1. The molecule has 1 aromatic rings. The summed E-state index contributed by atoms with van der Waals surface area (Å²) in [6, 6.07) is 6.31. The van der Waals surface area contributed by atoms with Crippen molar-refractivity contribution < 1.29 is 9.47 Å². The van der Waals surface area contributed by atoms with Crippen molar-refractivity contribution in [2.24, 2.45) is 4.99 Å². The van der Waals surface area contributed by atoms with Crippen LogP contribution < -0.4 is 20.1 Å². The lowest BCUT2D eigenvalue weighted by molar-refractivity contribution is 0.294. The van der Waals surface area contributed by atoms with Crippen molar-refractivity contribution in [2.45, 2.75) is 39.8 Å². The number of rotatable bonds is 7. The lowest BCUT2D eigenvalue weighted by Crippen LogP contribution is -2.40. The van der Waals surface area contributed by atoms with Gasteiger partial charge in [0, 0.05) is 19.6 Å². The fourth-order valence-corrected chi connectivity index (χ4v) is 1.81. The van der Waals surface area contributed by atoms with E-state index in [9.17, 15) is 0 Å². The van der Waals surface area contributed by atoms with E-state index in [1.807, 2.05) is 18.2 Å². The fraction of sp³-hybridized carbons (Fsp3) is 0.562. The van der Waals surface area contributed by atoms with Gasteiger partial charge in [-0.3, -0.25) is 4.99 Å². The third-order valence-corrected chi connectivity index (χ3v) is 2.80. The van der Waals surface area contributed by atoms with E-state index in [0.29, 0.717) is 19.2 Å². The molecule has 5 nitrogen and oxygen atoms in total. The van der Waals surface area contributed by atoms with E-state index in [-0.39, 0.29) is 0 Å². The Kier molecular flexibility index (Phi) is 7.43. The first-order chi connectivity index (χ1) is 10.1. The lowest BCUT2D eigenvalue weighted by Gasteiger charge is -2.15. The highest BCUT2D eigenvalue weighted by Gasteiger charge is 2.06.